The van der Waals surface area contributed by atoms with Gasteiger partial charge in [0.15, 0.2) is 0 Å². The number of carbonyl (C=O) groups excluding carboxylic acids is 1. The highest BCUT2D eigenvalue weighted by molar-refractivity contribution is 6.01. The van der Waals surface area contributed by atoms with E-state index in [1.165, 1.54) is 4.90 Å². The topological polar surface area (TPSA) is 60.9 Å². The largest absolute Gasteiger partial charge is 0.480 e. The lowest BCUT2D eigenvalue weighted by molar-refractivity contribution is -0.138. The Hall–Kier alpha value is -2.04. The van der Waals surface area contributed by atoms with E-state index in [9.17, 15) is 14.7 Å². The predicted octanol–water partition coefficient (Wildman–Crippen LogP) is 2.60. The Bertz CT molecular complexity index is 542. The normalized spacial score (nSPS) is 17.0. The smallest absolute Gasteiger partial charge is 0.327 e. The van der Waals surface area contributed by atoms with Crippen LogP contribution >= 0.6 is 0 Å². The van der Waals surface area contributed by atoms with E-state index in [-0.39, 0.29) is 6.03 Å². The number of fused-ring (bicyclic) bond motifs is 1. The van der Waals surface area contributed by atoms with Crippen LogP contribution in [0.15, 0.2) is 24.3 Å². The number of hydrogen-bond acceptors (Lipinski definition) is 2. The number of carbonyl (C=O) groups is 2. The molecule has 5 heteroatoms. The number of carboxylic acid groups (broad SMARTS) is 1. The number of para-hydroxylation sites is 1. The summed E-state index contributed by atoms with van der Waals surface area (Å²) in [6.07, 6.45) is 0.372. The molecule has 1 aliphatic heterocycles. The fourth-order valence-electron chi connectivity index (χ4n) is 2.76. The highest BCUT2D eigenvalue weighted by Gasteiger charge is 2.39. The number of carboxylic acids is 1. The van der Waals surface area contributed by atoms with Crippen molar-refractivity contribution in [1.82, 2.24) is 4.90 Å². The lowest BCUT2D eigenvalue weighted by Crippen LogP contribution is -2.50. The minimum Gasteiger partial charge on any atom is -0.480 e. The SMILES string of the molecule is CCN(CC(C)C)C(=O)N1c2ccccc2C[C@H]1C(=O)O. The van der Waals surface area contributed by atoms with Crippen molar-refractivity contribution in [3.05, 3.63) is 29.8 Å². The zero-order valence-electron chi connectivity index (χ0n) is 12.7. The van der Waals surface area contributed by atoms with E-state index in [2.05, 4.69) is 0 Å². The molecule has 1 atom stereocenters. The maximum atomic E-state index is 12.8. The van der Waals surface area contributed by atoms with Gasteiger partial charge in [-0.2, -0.15) is 0 Å². The number of rotatable bonds is 4. The second-order valence-corrected chi connectivity index (χ2v) is 5.77. The molecular formula is C16H22N2O3. The second kappa shape index (κ2) is 6.16. The van der Waals surface area contributed by atoms with E-state index in [1.54, 1.807) is 4.90 Å². The van der Waals surface area contributed by atoms with Crippen molar-refractivity contribution in [2.75, 3.05) is 18.0 Å². The summed E-state index contributed by atoms with van der Waals surface area (Å²) in [6.45, 7) is 7.20. The third-order valence-electron chi connectivity index (χ3n) is 3.71. The molecule has 0 bridgehead atoms. The van der Waals surface area contributed by atoms with E-state index in [1.807, 2.05) is 45.0 Å². The van der Waals surface area contributed by atoms with Gasteiger partial charge < -0.3 is 10.0 Å². The van der Waals surface area contributed by atoms with E-state index >= 15 is 0 Å². The van der Waals surface area contributed by atoms with Crippen LogP contribution in [0, 0.1) is 5.92 Å². The number of amides is 2. The molecular weight excluding hydrogens is 268 g/mol. The maximum Gasteiger partial charge on any atom is 0.327 e. The lowest BCUT2D eigenvalue weighted by atomic mass is 10.1. The molecule has 114 valence electrons. The van der Waals surface area contributed by atoms with Crippen LogP contribution in [0.4, 0.5) is 10.5 Å². The van der Waals surface area contributed by atoms with Gasteiger partial charge in [-0.3, -0.25) is 4.90 Å². The van der Waals surface area contributed by atoms with E-state index in [4.69, 9.17) is 0 Å². The molecule has 1 N–H and O–H groups in total. The average molecular weight is 290 g/mol. The number of hydrogen-bond donors (Lipinski definition) is 1. The van der Waals surface area contributed by atoms with Gasteiger partial charge in [-0.15, -0.1) is 0 Å². The Morgan fingerprint density at radius 1 is 1.38 bits per heavy atom. The fourth-order valence-corrected chi connectivity index (χ4v) is 2.76. The van der Waals surface area contributed by atoms with Crippen LogP contribution < -0.4 is 4.90 Å². The van der Waals surface area contributed by atoms with Gasteiger partial charge in [-0.1, -0.05) is 32.0 Å². The Morgan fingerprint density at radius 3 is 2.62 bits per heavy atom. The Kier molecular flexibility index (Phi) is 4.50. The van der Waals surface area contributed by atoms with Gasteiger partial charge in [0.05, 0.1) is 0 Å². The first-order valence-corrected chi connectivity index (χ1v) is 7.34. The monoisotopic (exact) mass is 290 g/mol. The maximum absolute atomic E-state index is 12.8. The molecule has 1 aromatic carbocycles. The van der Waals surface area contributed by atoms with Crippen LogP contribution in [0.3, 0.4) is 0 Å². The number of benzene rings is 1. The van der Waals surface area contributed by atoms with Crippen LogP contribution in [0.2, 0.25) is 0 Å². The molecule has 1 aliphatic rings. The summed E-state index contributed by atoms with van der Waals surface area (Å²) >= 11 is 0. The molecule has 2 rings (SSSR count). The third kappa shape index (κ3) is 3.01. The summed E-state index contributed by atoms with van der Waals surface area (Å²) in [5.74, 6) is -0.616. The second-order valence-electron chi connectivity index (χ2n) is 5.77. The standard InChI is InChI=1S/C16H22N2O3/c1-4-17(10-11(2)3)16(21)18-13-8-6-5-7-12(13)9-14(18)15(19)20/h5-8,11,14H,4,9-10H2,1-3H3,(H,19,20)/t14-/m0/s1. The minimum atomic E-state index is -0.958. The van der Waals surface area contributed by atoms with Gasteiger partial charge in [0, 0.05) is 25.2 Å². The molecule has 1 aromatic rings. The molecule has 0 fully saturated rings. The van der Waals surface area contributed by atoms with Crippen molar-refractivity contribution < 1.29 is 14.7 Å². The van der Waals surface area contributed by atoms with Crippen molar-refractivity contribution in [3.8, 4) is 0 Å². The molecule has 21 heavy (non-hydrogen) atoms. The molecule has 0 aromatic heterocycles. The summed E-state index contributed by atoms with van der Waals surface area (Å²) in [5, 5.41) is 9.43. The van der Waals surface area contributed by atoms with Crippen molar-refractivity contribution >= 4 is 17.7 Å². The minimum absolute atomic E-state index is 0.219. The van der Waals surface area contributed by atoms with Crippen LogP contribution in [-0.2, 0) is 11.2 Å². The highest BCUT2D eigenvalue weighted by Crippen LogP contribution is 2.33. The molecule has 1 heterocycles. The summed E-state index contributed by atoms with van der Waals surface area (Å²) in [6, 6.07) is 6.38. The molecule has 5 nitrogen and oxygen atoms in total. The van der Waals surface area contributed by atoms with Gasteiger partial charge in [0.25, 0.3) is 0 Å². The number of nitrogens with zero attached hydrogens (tertiary/aromatic N) is 2. The van der Waals surface area contributed by atoms with Crippen LogP contribution in [0.1, 0.15) is 26.3 Å². The first-order valence-electron chi connectivity index (χ1n) is 7.34. The first-order chi connectivity index (χ1) is 9.95. The summed E-state index contributed by atoms with van der Waals surface area (Å²) < 4.78 is 0. The Morgan fingerprint density at radius 2 is 2.05 bits per heavy atom. The number of anilines is 1. The van der Waals surface area contributed by atoms with E-state index < -0.39 is 12.0 Å². The van der Waals surface area contributed by atoms with Crippen molar-refractivity contribution in [1.29, 1.82) is 0 Å². The fraction of sp³-hybridized carbons (Fsp3) is 0.500. The van der Waals surface area contributed by atoms with Crippen molar-refractivity contribution in [2.24, 2.45) is 5.92 Å². The summed E-state index contributed by atoms with van der Waals surface area (Å²) in [4.78, 5) is 27.4. The molecule has 0 unspecified atom stereocenters. The zero-order chi connectivity index (χ0) is 15.6. The van der Waals surface area contributed by atoms with Crippen LogP contribution in [-0.4, -0.2) is 41.1 Å². The molecule has 0 aliphatic carbocycles. The predicted molar refractivity (Wildman–Crippen MR) is 81.5 cm³/mol. The number of urea groups is 1. The molecule has 2 amide bonds. The van der Waals surface area contributed by atoms with Gasteiger partial charge in [0.1, 0.15) is 6.04 Å². The van der Waals surface area contributed by atoms with Gasteiger partial charge in [-0.05, 0) is 24.5 Å². The quantitative estimate of drug-likeness (QED) is 0.927. The highest BCUT2D eigenvalue weighted by atomic mass is 16.4. The first kappa shape index (κ1) is 15.4. The zero-order valence-corrected chi connectivity index (χ0v) is 12.7. The Balaban J connectivity index is 2.33. The lowest BCUT2D eigenvalue weighted by Gasteiger charge is -2.31. The molecule has 0 spiro atoms. The average Bonchev–Trinajstić information content (AvgIpc) is 2.83. The third-order valence-corrected chi connectivity index (χ3v) is 3.71. The van der Waals surface area contributed by atoms with Crippen molar-refractivity contribution in [2.45, 2.75) is 33.2 Å². The molecule has 0 saturated heterocycles. The number of aliphatic carboxylic acids is 1. The van der Waals surface area contributed by atoms with E-state index in [0.717, 1.165) is 11.3 Å². The van der Waals surface area contributed by atoms with Gasteiger partial charge in [-0.25, -0.2) is 9.59 Å². The van der Waals surface area contributed by atoms with Crippen LogP contribution in [0.5, 0.6) is 0 Å². The molecule has 0 radical (unpaired) electrons. The molecule has 0 saturated carbocycles. The van der Waals surface area contributed by atoms with Gasteiger partial charge >= 0.3 is 12.0 Å². The summed E-state index contributed by atoms with van der Waals surface area (Å²) in [7, 11) is 0. The Labute approximate surface area is 125 Å². The van der Waals surface area contributed by atoms with Crippen molar-refractivity contribution in [3.63, 3.8) is 0 Å². The van der Waals surface area contributed by atoms with Crippen LogP contribution in [0.25, 0.3) is 0 Å². The van der Waals surface area contributed by atoms with E-state index in [0.29, 0.717) is 25.4 Å². The summed E-state index contributed by atoms with van der Waals surface area (Å²) in [5.41, 5.74) is 1.64. The van der Waals surface area contributed by atoms with Gasteiger partial charge in [0.2, 0.25) is 0 Å².